The molecule has 0 bridgehead atoms. The maximum absolute atomic E-state index is 12.3. The summed E-state index contributed by atoms with van der Waals surface area (Å²) in [6.07, 6.45) is 3.41. The third kappa shape index (κ3) is 2.77. The first-order valence-electron chi connectivity index (χ1n) is 5.82. The predicted octanol–water partition coefficient (Wildman–Crippen LogP) is 1.65. The van der Waals surface area contributed by atoms with Crippen molar-refractivity contribution in [3.05, 3.63) is 47.8 Å². The van der Waals surface area contributed by atoms with Gasteiger partial charge in [-0.15, -0.1) is 0 Å². The van der Waals surface area contributed by atoms with Gasteiger partial charge in [0, 0.05) is 30.6 Å². The fraction of sp³-hybridized carbons (Fsp3) is 0.214. The summed E-state index contributed by atoms with van der Waals surface area (Å²) in [6.45, 7) is 0.404. The van der Waals surface area contributed by atoms with Crippen LogP contribution in [-0.2, 0) is 6.54 Å². The molecule has 0 spiro atoms. The molecule has 0 saturated heterocycles. The number of methoxy groups -OCH3 is 2. The molecule has 0 saturated carbocycles. The molecule has 0 aliphatic heterocycles. The standard InChI is InChI=1S/C14H16N2O3/c1-18-12-5-11(6-13(7-12)19-2)14(17)16-4-3-10(8-15)9-16/h3-7,9H,8,15H2,1-2H3. The Hall–Kier alpha value is -2.27. The summed E-state index contributed by atoms with van der Waals surface area (Å²) in [5.41, 5.74) is 6.93. The Morgan fingerprint density at radius 3 is 2.32 bits per heavy atom. The van der Waals surface area contributed by atoms with Gasteiger partial charge in [-0.2, -0.15) is 0 Å². The summed E-state index contributed by atoms with van der Waals surface area (Å²) in [6, 6.07) is 6.88. The van der Waals surface area contributed by atoms with Crippen molar-refractivity contribution in [2.75, 3.05) is 14.2 Å². The number of nitrogens with zero attached hydrogens (tertiary/aromatic N) is 1. The zero-order valence-corrected chi connectivity index (χ0v) is 10.9. The van der Waals surface area contributed by atoms with E-state index in [1.54, 1.807) is 44.8 Å². The monoisotopic (exact) mass is 260 g/mol. The second kappa shape index (κ2) is 5.58. The Kier molecular flexibility index (Phi) is 3.87. The van der Waals surface area contributed by atoms with Crippen LogP contribution in [0.25, 0.3) is 0 Å². The maximum atomic E-state index is 12.3. The minimum absolute atomic E-state index is 0.156. The average Bonchev–Trinajstić information content (AvgIpc) is 2.94. The van der Waals surface area contributed by atoms with Crippen LogP contribution in [0.4, 0.5) is 0 Å². The summed E-state index contributed by atoms with van der Waals surface area (Å²) < 4.78 is 11.8. The van der Waals surface area contributed by atoms with Gasteiger partial charge in [0.1, 0.15) is 11.5 Å². The number of carbonyl (C=O) groups excluding carboxylic acids is 1. The molecule has 0 radical (unpaired) electrons. The van der Waals surface area contributed by atoms with Crippen molar-refractivity contribution in [3.63, 3.8) is 0 Å². The summed E-state index contributed by atoms with van der Waals surface area (Å²) in [7, 11) is 3.09. The van der Waals surface area contributed by atoms with Crippen molar-refractivity contribution in [1.29, 1.82) is 0 Å². The lowest BCUT2D eigenvalue weighted by atomic mass is 10.2. The van der Waals surface area contributed by atoms with Gasteiger partial charge in [0.25, 0.3) is 5.91 Å². The number of nitrogens with two attached hydrogens (primary N) is 1. The molecule has 0 aliphatic carbocycles. The number of carbonyl (C=O) groups is 1. The minimum atomic E-state index is -0.156. The van der Waals surface area contributed by atoms with E-state index in [-0.39, 0.29) is 5.91 Å². The first-order valence-corrected chi connectivity index (χ1v) is 5.82. The van der Waals surface area contributed by atoms with Crippen molar-refractivity contribution in [3.8, 4) is 11.5 Å². The molecule has 5 heteroatoms. The van der Waals surface area contributed by atoms with E-state index in [2.05, 4.69) is 0 Å². The van der Waals surface area contributed by atoms with Crippen LogP contribution in [0, 0.1) is 0 Å². The highest BCUT2D eigenvalue weighted by molar-refractivity contribution is 5.96. The zero-order chi connectivity index (χ0) is 13.8. The van der Waals surface area contributed by atoms with E-state index in [9.17, 15) is 4.79 Å². The fourth-order valence-corrected chi connectivity index (χ4v) is 1.77. The Labute approximate surface area is 111 Å². The quantitative estimate of drug-likeness (QED) is 0.907. The van der Waals surface area contributed by atoms with Gasteiger partial charge >= 0.3 is 0 Å². The van der Waals surface area contributed by atoms with Gasteiger partial charge < -0.3 is 15.2 Å². The molecule has 0 fully saturated rings. The number of aromatic nitrogens is 1. The summed E-state index contributed by atoms with van der Waals surface area (Å²) in [5.74, 6) is 1.000. The predicted molar refractivity (Wildman–Crippen MR) is 71.6 cm³/mol. The Bertz CT molecular complexity index is 568. The summed E-state index contributed by atoms with van der Waals surface area (Å²) in [4.78, 5) is 12.3. The van der Waals surface area contributed by atoms with Crippen LogP contribution in [0.15, 0.2) is 36.7 Å². The van der Waals surface area contributed by atoms with E-state index in [0.29, 0.717) is 23.6 Å². The van der Waals surface area contributed by atoms with Gasteiger partial charge in [0.05, 0.1) is 14.2 Å². The van der Waals surface area contributed by atoms with E-state index in [4.69, 9.17) is 15.2 Å². The Morgan fingerprint density at radius 2 is 1.84 bits per heavy atom. The van der Waals surface area contributed by atoms with Crippen LogP contribution in [0.2, 0.25) is 0 Å². The number of rotatable bonds is 4. The smallest absolute Gasteiger partial charge is 0.262 e. The van der Waals surface area contributed by atoms with Gasteiger partial charge in [-0.05, 0) is 23.8 Å². The molecule has 0 atom stereocenters. The average molecular weight is 260 g/mol. The van der Waals surface area contributed by atoms with Gasteiger partial charge in [0.2, 0.25) is 0 Å². The molecule has 2 N–H and O–H groups in total. The summed E-state index contributed by atoms with van der Waals surface area (Å²) >= 11 is 0. The molecule has 0 amide bonds. The van der Waals surface area contributed by atoms with Gasteiger partial charge in [0.15, 0.2) is 0 Å². The lowest BCUT2D eigenvalue weighted by Crippen LogP contribution is -2.10. The highest BCUT2D eigenvalue weighted by atomic mass is 16.5. The van der Waals surface area contributed by atoms with Crippen LogP contribution >= 0.6 is 0 Å². The van der Waals surface area contributed by atoms with E-state index in [0.717, 1.165) is 5.56 Å². The topological polar surface area (TPSA) is 66.5 Å². The van der Waals surface area contributed by atoms with Crippen LogP contribution in [0.3, 0.4) is 0 Å². The Morgan fingerprint density at radius 1 is 1.21 bits per heavy atom. The molecule has 1 aromatic carbocycles. The van der Waals surface area contributed by atoms with Crippen molar-refractivity contribution in [1.82, 2.24) is 4.57 Å². The van der Waals surface area contributed by atoms with Crippen molar-refractivity contribution in [2.45, 2.75) is 6.54 Å². The van der Waals surface area contributed by atoms with E-state index < -0.39 is 0 Å². The number of hydrogen-bond donors (Lipinski definition) is 1. The van der Waals surface area contributed by atoms with Crippen molar-refractivity contribution >= 4 is 5.91 Å². The van der Waals surface area contributed by atoms with Gasteiger partial charge in [-0.25, -0.2) is 0 Å². The van der Waals surface area contributed by atoms with E-state index >= 15 is 0 Å². The number of hydrogen-bond acceptors (Lipinski definition) is 4. The zero-order valence-electron chi connectivity index (χ0n) is 10.9. The molecule has 5 nitrogen and oxygen atoms in total. The fourth-order valence-electron chi connectivity index (χ4n) is 1.77. The molecule has 19 heavy (non-hydrogen) atoms. The van der Waals surface area contributed by atoms with Crippen LogP contribution in [0.1, 0.15) is 15.9 Å². The van der Waals surface area contributed by atoms with Gasteiger partial charge in [-0.3, -0.25) is 9.36 Å². The third-order valence-electron chi connectivity index (χ3n) is 2.82. The molecule has 0 unspecified atom stereocenters. The summed E-state index contributed by atoms with van der Waals surface area (Å²) in [5, 5.41) is 0. The molecule has 100 valence electrons. The largest absolute Gasteiger partial charge is 0.497 e. The molecule has 2 rings (SSSR count). The Balaban J connectivity index is 2.37. The van der Waals surface area contributed by atoms with Gasteiger partial charge in [-0.1, -0.05) is 0 Å². The molecule has 1 heterocycles. The molecule has 0 aliphatic rings. The molecule has 2 aromatic rings. The van der Waals surface area contributed by atoms with Crippen LogP contribution < -0.4 is 15.2 Å². The maximum Gasteiger partial charge on any atom is 0.262 e. The second-order valence-electron chi connectivity index (χ2n) is 4.04. The highest BCUT2D eigenvalue weighted by Gasteiger charge is 2.12. The first-order chi connectivity index (χ1) is 9.17. The minimum Gasteiger partial charge on any atom is -0.497 e. The lowest BCUT2D eigenvalue weighted by molar-refractivity contribution is 0.0959. The molecule has 1 aromatic heterocycles. The van der Waals surface area contributed by atoms with Crippen LogP contribution in [0.5, 0.6) is 11.5 Å². The van der Waals surface area contributed by atoms with E-state index in [1.807, 2.05) is 6.07 Å². The number of ether oxygens (including phenoxy) is 2. The second-order valence-corrected chi connectivity index (χ2v) is 4.04. The van der Waals surface area contributed by atoms with E-state index in [1.165, 1.54) is 4.57 Å². The SMILES string of the molecule is COc1cc(OC)cc(C(=O)n2ccc(CN)c2)c1. The number of benzene rings is 1. The lowest BCUT2D eigenvalue weighted by Gasteiger charge is -2.08. The third-order valence-corrected chi connectivity index (χ3v) is 2.82. The van der Waals surface area contributed by atoms with Crippen molar-refractivity contribution < 1.29 is 14.3 Å². The molecular formula is C14H16N2O3. The molecular weight excluding hydrogens is 244 g/mol. The highest BCUT2D eigenvalue weighted by Crippen LogP contribution is 2.23. The van der Waals surface area contributed by atoms with Crippen molar-refractivity contribution in [2.24, 2.45) is 5.73 Å². The normalized spacial score (nSPS) is 10.3. The first kappa shape index (κ1) is 13.2. The van der Waals surface area contributed by atoms with Crippen LogP contribution in [-0.4, -0.2) is 24.7 Å².